The molecule has 24 heavy (non-hydrogen) atoms. The fourth-order valence-electron chi connectivity index (χ4n) is 3.30. The highest BCUT2D eigenvalue weighted by Crippen LogP contribution is 2.21. The molecular formula is C18H28ClN3OS. The van der Waals surface area contributed by atoms with E-state index in [0.29, 0.717) is 0 Å². The lowest BCUT2D eigenvalue weighted by atomic mass is 9.97. The number of halogens is 1. The molecule has 2 aliphatic rings. The van der Waals surface area contributed by atoms with Crippen LogP contribution in [-0.4, -0.2) is 48.5 Å². The normalized spacial score (nSPS) is 19.5. The molecule has 0 unspecified atom stereocenters. The summed E-state index contributed by atoms with van der Waals surface area (Å²) < 4.78 is 0. The van der Waals surface area contributed by atoms with Crippen molar-refractivity contribution in [1.29, 1.82) is 0 Å². The molecule has 0 bridgehead atoms. The minimum Gasteiger partial charge on any atom is -0.326 e. The summed E-state index contributed by atoms with van der Waals surface area (Å²) in [6, 6.07) is 6.45. The highest BCUT2D eigenvalue weighted by Gasteiger charge is 2.21. The number of thioether (sulfide) groups is 1. The van der Waals surface area contributed by atoms with Crippen molar-refractivity contribution in [2.45, 2.75) is 26.3 Å². The van der Waals surface area contributed by atoms with Crippen LogP contribution >= 0.6 is 24.2 Å². The van der Waals surface area contributed by atoms with Crippen LogP contribution in [0.3, 0.4) is 0 Å². The standard InChI is InChI=1S/C18H27N3OS.ClH/c1-14-12-15(13-21-8-10-23-11-9-21)2-3-17(14)20-18(22)16-4-6-19-7-5-16;/h2-3,12,16,19H,4-11,13H2,1H3,(H,20,22);1H. The van der Waals surface area contributed by atoms with Gasteiger partial charge in [-0.1, -0.05) is 12.1 Å². The molecule has 1 aromatic rings. The summed E-state index contributed by atoms with van der Waals surface area (Å²) in [4.78, 5) is 14.9. The molecule has 134 valence electrons. The number of benzene rings is 1. The first-order valence-electron chi connectivity index (χ1n) is 8.63. The summed E-state index contributed by atoms with van der Waals surface area (Å²) in [5, 5.41) is 6.43. The number of nitrogens with one attached hydrogen (secondary N) is 2. The van der Waals surface area contributed by atoms with Gasteiger partial charge in [-0.3, -0.25) is 9.69 Å². The molecule has 2 heterocycles. The van der Waals surface area contributed by atoms with Gasteiger partial charge in [0.25, 0.3) is 0 Å². The Balaban J connectivity index is 0.00000208. The quantitative estimate of drug-likeness (QED) is 0.856. The minimum absolute atomic E-state index is 0. The van der Waals surface area contributed by atoms with E-state index in [2.05, 4.69) is 40.7 Å². The smallest absolute Gasteiger partial charge is 0.227 e. The Morgan fingerprint density at radius 3 is 2.67 bits per heavy atom. The topological polar surface area (TPSA) is 44.4 Å². The van der Waals surface area contributed by atoms with Gasteiger partial charge in [0.2, 0.25) is 5.91 Å². The van der Waals surface area contributed by atoms with Crippen LogP contribution in [-0.2, 0) is 11.3 Å². The third-order valence-electron chi connectivity index (χ3n) is 4.77. The molecule has 0 atom stereocenters. The summed E-state index contributed by atoms with van der Waals surface area (Å²) >= 11 is 2.04. The lowest BCUT2D eigenvalue weighted by molar-refractivity contribution is -0.120. The van der Waals surface area contributed by atoms with Crippen LogP contribution in [0.5, 0.6) is 0 Å². The lowest BCUT2D eigenvalue weighted by Gasteiger charge is -2.26. The van der Waals surface area contributed by atoms with Crippen molar-refractivity contribution in [1.82, 2.24) is 10.2 Å². The fraction of sp³-hybridized carbons (Fsp3) is 0.611. The molecular weight excluding hydrogens is 342 g/mol. The molecule has 2 fully saturated rings. The second-order valence-electron chi connectivity index (χ2n) is 6.55. The van der Waals surface area contributed by atoms with E-state index in [0.717, 1.165) is 43.7 Å². The fourth-order valence-corrected chi connectivity index (χ4v) is 4.28. The summed E-state index contributed by atoms with van der Waals surface area (Å²) in [7, 11) is 0. The molecule has 3 rings (SSSR count). The first kappa shape index (κ1) is 19.6. The molecule has 2 saturated heterocycles. The molecule has 6 heteroatoms. The zero-order valence-corrected chi connectivity index (χ0v) is 16.0. The number of piperidine rings is 1. The van der Waals surface area contributed by atoms with Crippen molar-refractivity contribution in [2.24, 2.45) is 5.92 Å². The summed E-state index contributed by atoms with van der Waals surface area (Å²) in [6.07, 6.45) is 1.88. The maximum absolute atomic E-state index is 12.4. The maximum atomic E-state index is 12.4. The average molecular weight is 370 g/mol. The molecule has 0 aromatic heterocycles. The molecule has 4 nitrogen and oxygen atoms in total. The number of anilines is 1. The van der Waals surface area contributed by atoms with E-state index >= 15 is 0 Å². The van der Waals surface area contributed by atoms with E-state index < -0.39 is 0 Å². The molecule has 1 aromatic carbocycles. The minimum atomic E-state index is 0. The Kier molecular flexibility index (Phi) is 7.88. The molecule has 0 aliphatic carbocycles. The van der Waals surface area contributed by atoms with Crippen molar-refractivity contribution >= 4 is 35.8 Å². The Morgan fingerprint density at radius 1 is 1.29 bits per heavy atom. The van der Waals surface area contributed by atoms with Gasteiger partial charge < -0.3 is 10.6 Å². The van der Waals surface area contributed by atoms with Crippen LogP contribution in [0.15, 0.2) is 18.2 Å². The second-order valence-corrected chi connectivity index (χ2v) is 7.78. The van der Waals surface area contributed by atoms with Crippen molar-refractivity contribution in [2.75, 3.05) is 43.0 Å². The van der Waals surface area contributed by atoms with Crippen molar-refractivity contribution < 1.29 is 4.79 Å². The predicted octanol–water partition coefficient (Wildman–Crippen LogP) is 2.90. The van der Waals surface area contributed by atoms with Crippen LogP contribution in [0.1, 0.15) is 24.0 Å². The van der Waals surface area contributed by atoms with Crippen LogP contribution in [0.2, 0.25) is 0 Å². The molecule has 0 saturated carbocycles. The van der Waals surface area contributed by atoms with E-state index in [4.69, 9.17) is 0 Å². The highest BCUT2D eigenvalue weighted by molar-refractivity contribution is 7.99. The third-order valence-corrected chi connectivity index (χ3v) is 5.71. The van der Waals surface area contributed by atoms with Crippen LogP contribution < -0.4 is 10.6 Å². The zero-order chi connectivity index (χ0) is 16.1. The van der Waals surface area contributed by atoms with E-state index in [-0.39, 0.29) is 24.2 Å². The van der Waals surface area contributed by atoms with Gasteiger partial charge >= 0.3 is 0 Å². The SMILES string of the molecule is Cc1cc(CN2CCSCC2)ccc1NC(=O)C1CCNCC1.Cl. The summed E-state index contributed by atoms with van der Waals surface area (Å²) in [5.41, 5.74) is 3.47. The monoisotopic (exact) mass is 369 g/mol. The molecule has 0 spiro atoms. The summed E-state index contributed by atoms with van der Waals surface area (Å²) in [6.45, 7) is 7.36. The van der Waals surface area contributed by atoms with Crippen LogP contribution in [0.4, 0.5) is 5.69 Å². The second kappa shape index (κ2) is 9.66. The first-order valence-corrected chi connectivity index (χ1v) is 9.79. The summed E-state index contributed by atoms with van der Waals surface area (Å²) in [5.74, 6) is 2.81. The van der Waals surface area contributed by atoms with E-state index in [1.807, 2.05) is 11.8 Å². The first-order chi connectivity index (χ1) is 11.2. The Labute approximate surface area is 155 Å². The number of aryl methyl sites for hydroxylation is 1. The predicted molar refractivity (Wildman–Crippen MR) is 105 cm³/mol. The van der Waals surface area contributed by atoms with Gasteiger partial charge in [-0.2, -0.15) is 11.8 Å². The lowest BCUT2D eigenvalue weighted by Crippen LogP contribution is -2.34. The molecule has 2 N–H and O–H groups in total. The van der Waals surface area contributed by atoms with Gasteiger partial charge in [0.05, 0.1) is 0 Å². The van der Waals surface area contributed by atoms with Gasteiger partial charge in [-0.25, -0.2) is 0 Å². The van der Waals surface area contributed by atoms with E-state index in [1.54, 1.807) is 0 Å². The zero-order valence-electron chi connectivity index (χ0n) is 14.3. The number of hydrogen-bond acceptors (Lipinski definition) is 4. The number of carbonyl (C=O) groups excluding carboxylic acids is 1. The molecule has 1 amide bonds. The maximum Gasteiger partial charge on any atom is 0.227 e. The number of rotatable bonds is 4. The Hall–Kier alpha value is -0.750. The van der Waals surface area contributed by atoms with Crippen molar-refractivity contribution in [3.8, 4) is 0 Å². The highest BCUT2D eigenvalue weighted by atomic mass is 35.5. The van der Waals surface area contributed by atoms with Gasteiger partial charge in [-0.05, 0) is 50.0 Å². The number of amides is 1. The average Bonchev–Trinajstić information content (AvgIpc) is 2.59. The number of nitrogens with zero attached hydrogens (tertiary/aromatic N) is 1. The van der Waals surface area contributed by atoms with E-state index in [1.165, 1.54) is 30.2 Å². The number of carbonyl (C=O) groups is 1. The van der Waals surface area contributed by atoms with Crippen LogP contribution in [0, 0.1) is 12.8 Å². The van der Waals surface area contributed by atoms with Gasteiger partial charge in [0.1, 0.15) is 0 Å². The number of hydrogen-bond donors (Lipinski definition) is 2. The van der Waals surface area contributed by atoms with Crippen molar-refractivity contribution in [3.05, 3.63) is 29.3 Å². The van der Waals surface area contributed by atoms with Crippen molar-refractivity contribution in [3.63, 3.8) is 0 Å². The Morgan fingerprint density at radius 2 is 2.00 bits per heavy atom. The van der Waals surface area contributed by atoms with E-state index in [9.17, 15) is 4.79 Å². The third kappa shape index (κ3) is 5.38. The molecule has 0 radical (unpaired) electrons. The largest absolute Gasteiger partial charge is 0.326 e. The molecule has 2 aliphatic heterocycles. The van der Waals surface area contributed by atoms with Gasteiger partial charge in [0.15, 0.2) is 0 Å². The van der Waals surface area contributed by atoms with Gasteiger partial charge in [-0.15, -0.1) is 12.4 Å². The van der Waals surface area contributed by atoms with Crippen LogP contribution in [0.25, 0.3) is 0 Å². The Bertz CT molecular complexity index is 543. The van der Waals surface area contributed by atoms with Gasteiger partial charge in [0, 0.05) is 42.7 Å².